The zero-order valence-corrected chi connectivity index (χ0v) is 14.6. The van der Waals surface area contributed by atoms with E-state index in [4.69, 9.17) is 12.2 Å². The number of aromatic nitrogens is 1. The Hall–Kier alpha value is -1.20. The molecule has 0 amide bonds. The molecule has 0 spiro atoms. The van der Waals surface area contributed by atoms with Crippen LogP contribution in [-0.4, -0.2) is 40.7 Å². The molecule has 2 N–H and O–H groups in total. The van der Waals surface area contributed by atoms with Crippen molar-refractivity contribution in [3.8, 4) is 0 Å². The van der Waals surface area contributed by atoms with E-state index in [1.165, 1.54) is 32.2 Å². The van der Waals surface area contributed by atoms with Crippen LogP contribution in [-0.2, 0) is 0 Å². The van der Waals surface area contributed by atoms with Crippen LogP contribution in [0, 0.1) is 6.92 Å². The van der Waals surface area contributed by atoms with Crippen molar-refractivity contribution in [2.75, 3.05) is 25.0 Å². The molecule has 0 aliphatic carbocycles. The van der Waals surface area contributed by atoms with Gasteiger partial charge in [0.05, 0.1) is 0 Å². The zero-order chi connectivity index (χ0) is 15.8. The summed E-state index contributed by atoms with van der Waals surface area (Å²) in [6.07, 6.45) is 8.28. The lowest BCUT2D eigenvalue weighted by atomic mass is 10.00. The van der Waals surface area contributed by atoms with Crippen molar-refractivity contribution in [1.82, 2.24) is 15.2 Å². The van der Waals surface area contributed by atoms with Crippen molar-refractivity contribution < 1.29 is 0 Å². The normalized spacial score (nSPS) is 18.9. The van der Waals surface area contributed by atoms with Crippen molar-refractivity contribution in [3.63, 3.8) is 0 Å². The van der Waals surface area contributed by atoms with Crippen LogP contribution in [0.5, 0.6) is 0 Å². The maximum Gasteiger partial charge on any atom is 0.171 e. The molecule has 1 aliphatic rings. The molecule has 1 aromatic rings. The second-order valence-electron chi connectivity index (χ2n) is 6.00. The number of hydrogen-bond acceptors (Lipinski definition) is 3. The fourth-order valence-electron chi connectivity index (χ4n) is 3.07. The van der Waals surface area contributed by atoms with Gasteiger partial charge in [-0.3, -0.25) is 0 Å². The van der Waals surface area contributed by atoms with Crippen LogP contribution in [0.2, 0.25) is 0 Å². The number of piperidine rings is 1. The topological polar surface area (TPSA) is 40.2 Å². The van der Waals surface area contributed by atoms with Gasteiger partial charge in [-0.25, -0.2) is 4.98 Å². The molecule has 1 atom stereocenters. The minimum Gasteiger partial charge on any atom is -0.362 e. The summed E-state index contributed by atoms with van der Waals surface area (Å²) in [4.78, 5) is 6.94. The lowest BCUT2D eigenvalue weighted by Crippen LogP contribution is -2.41. The van der Waals surface area contributed by atoms with E-state index in [9.17, 15) is 0 Å². The van der Waals surface area contributed by atoms with Crippen molar-refractivity contribution in [1.29, 1.82) is 0 Å². The van der Waals surface area contributed by atoms with Gasteiger partial charge in [-0.1, -0.05) is 19.4 Å². The number of rotatable bonds is 6. The van der Waals surface area contributed by atoms with E-state index in [1.807, 2.05) is 19.1 Å². The molecule has 1 aliphatic heterocycles. The fraction of sp³-hybridized carbons (Fsp3) is 0.647. The Morgan fingerprint density at radius 3 is 3.09 bits per heavy atom. The van der Waals surface area contributed by atoms with Crippen LogP contribution >= 0.6 is 12.2 Å². The monoisotopic (exact) mass is 320 g/mol. The van der Waals surface area contributed by atoms with Crippen molar-refractivity contribution in [3.05, 3.63) is 23.9 Å². The van der Waals surface area contributed by atoms with E-state index in [0.29, 0.717) is 5.11 Å². The molecule has 0 unspecified atom stereocenters. The number of anilines is 1. The van der Waals surface area contributed by atoms with Gasteiger partial charge >= 0.3 is 0 Å². The van der Waals surface area contributed by atoms with Gasteiger partial charge in [-0.05, 0) is 63.0 Å². The van der Waals surface area contributed by atoms with Gasteiger partial charge in [-0.2, -0.15) is 0 Å². The third kappa shape index (κ3) is 5.21. The van der Waals surface area contributed by atoms with E-state index in [2.05, 4.69) is 27.4 Å². The van der Waals surface area contributed by atoms with Gasteiger partial charge in [0.15, 0.2) is 5.11 Å². The highest BCUT2D eigenvalue weighted by molar-refractivity contribution is 7.80. The smallest absolute Gasteiger partial charge is 0.171 e. The van der Waals surface area contributed by atoms with Crippen LogP contribution in [0.15, 0.2) is 18.3 Å². The second kappa shape index (κ2) is 9.06. The Kier molecular flexibility index (Phi) is 7.06. The van der Waals surface area contributed by atoms with Gasteiger partial charge in [0.1, 0.15) is 5.82 Å². The number of aryl methyl sites for hydroxylation is 1. The molecule has 2 heterocycles. The molecule has 4 nitrogen and oxygen atoms in total. The average Bonchev–Trinajstić information content (AvgIpc) is 2.54. The van der Waals surface area contributed by atoms with Crippen molar-refractivity contribution >= 4 is 23.1 Å². The number of thiocarbonyl (C=S) groups is 1. The third-order valence-corrected chi connectivity index (χ3v) is 4.62. The van der Waals surface area contributed by atoms with Crippen LogP contribution in [0.25, 0.3) is 0 Å². The first-order chi connectivity index (χ1) is 10.7. The first-order valence-electron chi connectivity index (χ1n) is 8.41. The van der Waals surface area contributed by atoms with E-state index in [0.717, 1.165) is 36.9 Å². The van der Waals surface area contributed by atoms with E-state index >= 15 is 0 Å². The van der Waals surface area contributed by atoms with Crippen LogP contribution in [0.3, 0.4) is 0 Å². The molecule has 0 saturated carbocycles. The predicted octanol–water partition coefficient (Wildman–Crippen LogP) is 3.33. The SMILES string of the molecule is CC[C@@H]1CCCCN1CCCNC(=S)Nc1ncccc1C. The number of nitrogens with one attached hydrogen (secondary N) is 2. The number of pyridine rings is 1. The van der Waals surface area contributed by atoms with Crippen LogP contribution in [0.4, 0.5) is 5.82 Å². The van der Waals surface area contributed by atoms with E-state index in [1.54, 1.807) is 6.20 Å². The highest BCUT2D eigenvalue weighted by atomic mass is 32.1. The molecule has 5 heteroatoms. The highest BCUT2D eigenvalue weighted by Crippen LogP contribution is 2.19. The summed E-state index contributed by atoms with van der Waals surface area (Å²) in [7, 11) is 0. The van der Waals surface area contributed by atoms with Crippen LogP contribution < -0.4 is 10.6 Å². The van der Waals surface area contributed by atoms with Crippen molar-refractivity contribution in [2.24, 2.45) is 0 Å². The molecule has 0 aromatic carbocycles. The maximum absolute atomic E-state index is 5.34. The molecule has 1 fully saturated rings. The average molecular weight is 321 g/mol. The predicted molar refractivity (Wildman–Crippen MR) is 97.3 cm³/mol. The molecular formula is C17H28N4S. The van der Waals surface area contributed by atoms with E-state index in [-0.39, 0.29) is 0 Å². The molecule has 0 radical (unpaired) electrons. The zero-order valence-electron chi connectivity index (χ0n) is 13.8. The fourth-order valence-corrected chi connectivity index (χ4v) is 3.27. The molecule has 122 valence electrons. The Morgan fingerprint density at radius 2 is 2.32 bits per heavy atom. The van der Waals surface area contributed by atoms with Crippen molar-refractivity contribution in [2.45, 2.75) is 52.0 Å². The molecule has 1 aromatic heterocycles. The van der Waals surface area contributed by atoms with Gasteiger partial charge in [0.25, 0.3) is 0 Å². The van der Waals surface area contributed by atoms with Gasteiger partial charge in [0, 0.05) is 25.3 Å². The summed E-state index contributed by atoms with van der Waals surface area (Å²) in [6, 6.07) is 4.74. The standard InChI is InChI=1S/C17H28N4S/c1-3-15-9-4-5-12-21(15)13-7-11-19-17(22)20-16-14(2)8-6-10-18-16/h6,8,10,15H,3-5,7,9,11-13H2,1-2H3,(H2,18,19,20,22)/t15-/m1/s1. The summed E-state index contributed by atoms with van der Waals surface area (Å²) < 4.78 is 0. The van der Waals surface area contributed by atoms with Gasteiger partial charge < -0.3 is 15.5 Å². The molecule has 0 bridgehead atoms. The first-order valence-corrected chi connectivity index (χ1v) is 8.82. The minimum absolute atomic E-state index is 0.660. The Morgan fingerprint density at radius 1 is 1.45 bits per heavy atom. The largest absolute Gasteiger partial charge is 0.362 e. The lowest BCUT2D eigenvalue weighted by Gasteiger charge is -2.35. The van der Waals surface area contributed by atoms with Gasteiger partial charge in [-0.15, -0.1) is 0 Å². The van der Waals surface area contributed by atoms with Crippen LogP contribution in [0.1, 0.15) is 44.6 Å². The maximum atomic E-state index is 5.34. The van der Waals surface area contributed by atoms with Gasteiger partial charge in [0.2, 0.25) is 0 Å². The quantitative estimate of drug-likeness (QED) is 0.621. The molecular weight excluding hydrogens is 292 g/mol. The summed E-state index contributed by atoms with van der Waals surface area (Å²) in [5.41, 5.74) is 1.10. The Balaban J connectivity index is 1.66. The van der Waals surface area contributed by atoms with E-state index < -0.39 is 0 Å². The number of nitrogens with zero attached hydrogens (tertiary/aromatic N) is 2. The molecule has 22 heavy (non-hydrogen) atoms. The summed E-state index contributed by atoms with van der Waals surface area (Å²) in [5.74, 6) is 0.835. The summed E-state index contributed by atoms with van der Waals surface area (Å²) >= 11 is 5.34. The molecule has 2 rings (SSSR count). The number of likely N-dealkylation sites (tertiary alicyclic amines) is 1. The Bertz CT molecular complexity index is 477. The highest BCUT2D eigenvalue weighted by Gasteiger charge is 2.19. The molecule has 1 saturated heterocycles. The summed E-state index contributed by atoms with van der Waals surface area (Å²) in [6.45, 7) is 7.66. The summed E-state index contributed by atoms with van der Waals surface area (Å²) in [5, 5.41) is 7.11. The second-order valence-corrected chi connectivity index (χ2v) is 6.41. The Labute approximate surface area is 139 Å². The minimum atomic E-state index is 0.660. The number of hydrogen-bond donors (Lipinski definition) is 2. The lowest BCUT2D eigenvalue weighted by molar-refractivity contribution is 0.143. The third-order valence-electron chi connectivity index (χ3n) is 4.37. The first kappa shape index (κ1) is 17.2.